The second-order valence-electron chi connectivity index (χ2n) is 11.6. The van der Waals surface area contributed by atoms with Crippen LogP contribution in [0.25, 0.3) is 32.4 Å². The first-order valence-corrected chi connectivity index (χ1v) is 14.1. The van der Waals surface area contributed by atoms with Gasteiger partial charge in [-0.05, 0) is 63.4 Å². The largest absolute Gasteiger partial charge is 0.497 e. The molecule has 39 heavy (non-hydrogen) atoms. The molecule has 4 heterocycles. The fourth-order valence-electron chi connectivity index (χ4n) is 7.71. The van der Waals surface area contributed by atoms with Crippen LogP contribution in [0.1, 0.15) is 30.1 Å². The molecule has 196 valence electrons. The summed E-state index contributed by atoms with van der Waals surface area (Å²) in [5.74, 6) is 1.82. The van der Waals surface area contributed by atoms with Gasteiger partial charge in [0.25, 0.3) is 0 Å². The Balaban J connectivity index is 1.39. The smallest absolute Gasteiger partial charge is 0.131 e. The van der Waals surface area contributed by atoms with E-state index in [9.17, 15) is 5.11 Å². The standard InChI is InChI=1S/C35H35N2O2/c1-3-23-21-37(22-32-28-10-6-4-8-25(28)18-26-9-5-7-11-29(26)32)17-15-24(23)19-34(37)35(38)30-14-16-36-33-13-12-27(39-2)20-31(30)33/h3-14,16,18,20,23-24,34-35,38H,1,15,17,19,21-22H2,2H3/q+1/t23-,24?,34-,35+,37?/m0/s1. The number of aliphatic hydroxyl groups is 1. The van der Waals surface area contributed by atoms with Crippen LogP contribution >= 0.6 is 0 Å². The van der Waals surface area contributed by atoms with Gasteiger partial charge in [0.2, 0.25) is 0 Å². The number of piperidine rings is 3. The molecule has 0 amide bonds. The summed E-state index contributed by atoms with van der Waals surface area (Å²) in [6.07, 6.45) is 5.58. The highest BCUT2D eigenvalue weighted by Crippen LogP contribution is 2.49. The molecule has 3 saturated heterocycles. The Morgan fingerprint density at radius 2 is 1.74 bits per heavy atom. The number of aliphatic hydroxyl groups excluding tert-OH is 1. The van der Waals surface area contributed by atoms with Gasteiger partial charge in [-0.25, -0.2) is 0 Å². The predicted octanol–water partition coefficient (Wildman–Crippen LogP) is 7.19. The average molecular weight is 516 g/mol. The molecule has 0 aliphatic carbocycles. The summed E-state index contributed by atoms with van der Waals surface area (Å²) >= 11 is 0. The number of hydrogen-bond donors (Lipinski definition) is 1. The molecular weight excluding hydrogens is 480 g/mol. The zero-order valence-electron chi connectivity index (χ0n) is 22.5. The lowest BCUT2D eigenvalue weighted by atomic mass is 9.71. The van der Waals surface area contributed by atoms with Crippen LogP contribution in [0.15, 0.2) is 97.7 Å². The lowest BCUT2D eigenvalue weighted by Crippen LogP contribution is -2.67. The Hall–Kier alpha value is -3.73. The summed E-state index contributed by atoms with van der Waals surface area (Å²) in [5, 5.41) is 18.4. The van der Waals surface area contributed by atoms with Crippen molar-refractivity contribution in [2.75, 3.05) is 20.2 Å². The van der Waals surface area contributed by atoms with Gasteiger partial charge < -0.3 is 14.3 Å². The van der Waals surface area contributed by atoms with E-state index in [0.717, 1.165) is 52.8 Å². The van der Waals surface area contributed by atoms with Crippen molar-refractivity contribution in [3.8, 4) is 5.75 Å². The Morgan fingerprint density at radius 3 is 2.46 bits per heavy atom. The lowest BCUT2D eigenvalue weighted by Gasteiger charge is -2.58. The molecule has 4 heteroatoms. The molecule has 8 rings (SSSR count). The van der Waals surface area contributed by atoms with Gasteiger partial charge in [-0.3, -0.25) is 4.98 Å². The maximum atomic E-state index is 12.2. The zero-order valence-corrected chi connectivity index (χ0v) is 22.5. The minimum atomic E-state index is -0.600. The number of nitrogens with zero attached hydrogens (tertiary/aromatic N) is 2. The fourth-order valence-corrected chi connectivity index (χ4v) is 7.71. The third-order valence-corrected chi connectivity index (χ3v) is 9.70. The fraction of sp³-hybridized carbons (Fsp3) is 0.286. The van der Waals surface area contributed by atoms with E-state index >= 15 is 0 Å². The summed E-state index contributed by atoms with van der Waals surface area (Å²) in [4.78, 5) is 4.59. The normalized spacial score (nSPS) is 25.2. The molecule has 0 spiro atoms. The molecule has 5 aromatic rings. The minimum Gasteiger partial charge on any atom is -0.497 e. The molecule has 0 radical (unpaired) electrons. The van der Waals surface area contributed by atoms with E-state index in [1.54, 1.807) is 7.11 Å². The lowest BCUT2D eigenvalue weighted by molar-refractivity contribution is -0.984. The summed E-state index contributed by atoms with van der Waals surface area (Å²) in [6.45, 7) is 7.21. The van der Waals surface area contributed by atoms with Gasteiger partial charge in [0.05, 0.1) is 25.7 Å². The molecule has 4 aromatic carbocycles. The number of quaternary nitrogens is 1. The van der Waals surface area contributed by atoms with Crippen LogP contribution in [0.4, 0.5) is 0 Å². The SMILES string of the molecule is C=C[C@H]1C[N+]2(Cc3c4ccccc4cc4ccccc34)CCC1C[C@H]2[C@H](O)c1ccnc2ccc(OC)cc12. The van der Waals surface area contributed by atoms with Gasteiger partial charge >= 0.3 is 0 Å². The number of pyridine rings is 1. The van der Waals surface area contributed by atoms with E-state index in [0.29, 0.717) is 11.8 Å². The van der Waals surface area contributed by atoms with Gasteiger partial charge in [-0.2, -0.15) is 0 Å². The number of rotatable bonds is 6. The van der Waals surface area contributed by atoms with E-state index in [1.165, 1.54) is 33.5 Å². The van der Waals surface area contributed by atoms with Gasteiger partial charge in [-0.15, -0.1) is 6.58 Å². The second-order valence-corrected chi connectivity index (χ2v) is 11.6. The number of hydrogen-bond acceptors (Lipinski definition) is 3. The van der Waals surface area contributed by atoms with Crippen molar-refractivity contribution in [2.45, 2.75) is 31.5 Å². The van der Waals surface area contributed by atoms with Crippen LogP contribution in [0.2, 0.25) is 0 Å². The van der Waals surface area contributed by atoms with Crippen molar-refractivity contribution < 1.29 is 14.3 Å². The topological polar surface area (TPSA) is 42.4 Å². The van der Waals surface area contributed by atoms with E-state index in [2.05, 4.69) is 72.2 Å². The molecule has 2 unspecified atom stereocenters. The van der Waals surface area contributed by atoms with Gasteiger partial charge in [0.1, 0.15) is 24.4 Å². The maximum absolute atomic E-state index is 12.2. The molecule has 3 fully saturated rings. The van der Waals surface area contributed by atoms with Crippen LogP contribution in [0.3, 0.4) is 0 Å². The summed E-state index contributed by atoms with van der Waals surface area (Å²) < 4.78 is 6.41. The molecule has 2 bridgehead atoms. The van der Waals surface area contributed by atoms with Crippen LogP contribution in [-0.4, -0.2) is 40.8 Å². The van der Waals surface area contributed by atoms with Crippen molar-refractivity contribution in [1.82, 2.24) is 4.98 Å². The molecule has 3 aliphatic rings. The van der Waals surface area contributed by atoms with E-state index < -0.39 is 6.10 Å². The van der Waals surface area contributed by atoms with Gasteiger partial charge in [0.15, 0.2) is 0 Å². The van der Waals surface area contributed by atoms with E-state index in [1.807, 2.05) is 30.5 Å². The molecule has 0 saturated carbocycles. The van der Waals surface area contributed by atoms with Crippen molar-refractivity contribution in [3.05, 3.63) is 109 Å². The third kappa shape index (κ3) is 3.93. The van der Waals surface area contributed by atoms with Crippen LogP contribution in [0.5, 0.6) is 5.75 Å². The van der Waals surface area contributed by atoms with Crippen LogP contribution < -0.4 is 4.74 Å². The predicted molar refractivity (Wildman–Crippen MR) is 159 cm³/mol. The quantitative estimate of drug-likeness (QED) is 0.148. The number of methoxy groups -OCH3 is 1. The summed E-state index contributed by atoms with van der Waals surface area (Å²) in [7, 11) is 1.68. The van der Waals surface area contributed by atoms with Crippen molar-refractivity contribution in [2.24, 2.45) is 11.8 Å². The average Bonchev–Trinajstić information content (AvgIpc) is 3.00. The summed E-state index contributed by atoms with van der Waals surface area (Å²) in [6, 6.07) is 27.9. The Labute approximate surface area is 229 Å². The Bertz CT molecular complexity index is 1660. The molecule has 3 aliphatic heterocycles. The molecule has 1 N–H and O–H groups in total. The van der Waals surface area contributed by atoms with E-state index in [-0.39, 0.29) is 6.04 Å². The monoisotopic (exact) mass is 515 g/mol. The van der Waals surface area contributed by atoms with Crippen molar-refractivity contribution >= 4 is 32.4 Å². The number of ether oxygens (including phenoxy) is 1. The second kappa shape index (κ2) is 9.48. The van der Waals surface area contributed by atoms with Gasteiger partial charge in [0, 0.05) is 35.9 Å². The number of aromatic nitrogens is 1. The maximum Gasteiger partial charge on any atom is 0.131 e. The molecule has 1 aromatic heterocycles. The Kier molecular flexibility index (Phi) is 5.91. The van der Waals surface area contributed by atoms with Crippen LogP contribution in [0, 0.1) is 11.8 Å². The highest BCUT2D eigenvalue weighted by molar-refractivity contribution is 6.02. The van der Waals surface area contributed by atoms with Crippen molar-refractivity contribution in [3.63, 3.8) is 0 Å². The van der Waals surface area contributed by atoms with Crippen molar-refractivity contribution in [1.29, 1.82) is 0 Å². The van der Waals surface area contributed by atoms with E-state index in [4.69, 9.17) is 4.74 Å². The molecule has 4 nitrogen and oxygen atoms in total. The first-order valence-electron chi connectivity index (χ1n) is 14.1. The number of benzene rings is 4. The number of fused-ring (bicyclic) bond motifs is 6. The minimum absolute atomic E-state index is 0.0921. The third-order valence-electron chi connectivity index (χ3n) is 9.70. The highest BCUT2D eigenvalue weighted by atomic mass is 16.5. The zero-order chi connectivity index (χ0) is 26.6. The first kappa shape index (κ1) is 24.3. The van der Waals surface area contributed by atoms with Gasteiger partial charge in [-0.1, -0.05) is 54.6 Å². The van der Waals surface area contributed by atoms with Crippen LogP contribution in [-0.2, 0) is 6.54 Å². The first-order chi connectivity index (χ1) is 19.1. The highest BCUT2D eigenvalue weighted by Gasteiger charge is 2.54. The summed E-state index contributed by atoms with van der Waals surface area (Å²) in [5.41, 5.74) is 3.23. The molecular formula is C35H35N2O2+. The molecule has 5 atom stereocenters. The Morgan fingerprint density at radius 1 is 1.00 bits per heavy atom.